The summed E-state index contributed by atoms with van der Waals surface area (Å²) in [6, 6.07) is 22.2. The number of amides is 2. The van der Waals surface area contributed by atoms with E-state index in [1.165, 1.54) is 19.2 Å². The van der Waals surface area contributed by atoms with Gasteiger partial charge >= 0.3 is 0 Å². The van der Waals surface area contributed by atoms with Crippen LogP contribution in [-0.4, -0.2) is 62.7 Å². The van der Waals surface area contributed by atoms with Crippen LogP contribution in [0.15, 0.2) is 85.1 Å². The number of likely N-dealkylation sites (tertiary alicyclic amines) is 1. The van der Waals surface area contributed by atoms with E-state index in [2.05, 4.69) is 20.7 Å². The Morgan fingerprint density at radius 2 is 1.66 bits per heavy atom. The van der Waals surface area contributed by atoms with Crippen LogP contribution in [0.3, 0.4) is 0 Å². The van der Waals surface area contributed by atoms with Crippen molar-refractivity contribution in [3.63, 3.8) is 0 Å². The molecule has 1 fully saturated rings. The van der Waals surface area contributed by atoms with Crippen LogP contribution in [0.1, 0.15) is 39.1 Å². The molecule has 1 saturated heterocycles. The van der Waals surface area contributed by atoms with Crippen LogP contribution >= 0.6 is 0 Å². The third kappa shape index (κ3) is 6.37. The summed E-state index contributed by atoms with van der Waals surface area (Å²) in [6.07, 6.45) is 2.65. The molecule has 0 atom stereocenters. The van der Waals surface area contributed by atoms with Crippen molar-refractivity contribution in [1.29, 1.82) is 0 Å². The Hall–Kier alpha value is -5.29. The third-order valence-electron chi connectivity index (χ3n) is 7.62. The minimum absolute atomic E-state index is 0.0983. The molecule has 3 heterocycles. The number of pyridine rings is 1. The van der Waals surface area contributed by atoms with Gasteiger partial charge in [0.15, 0.2) is 5.65 Å². The molecule has 0 saturated carbocycles. The summed E-state index contributed by atoms with van der Waals surface area (Å²) in [6.45, 7) is 1.35. The monoisotopic (exact) mass is 594 g/mol. The number of ether oxygens (including phenoxy) is 1. The molecule has 1 aliphatic heterocycles. The van der Waals surface area contributed by atoms with E-state index in [1.54, 1.807) is 51.9 Å². The van der Waals surface area contributed by atoms with E-state index < -0.39 is 0 Å². The highest BCUT2D eigenvalue weighted by Crippen LogP contribution is 2.29. The van der Waals surface area contributed by atoms with Gasteiger partial charge in [0.1, 0.15) is 11.6 Å². The van der Waals surface area contributed by atoms with E-state index in [-0.39, 0.29) is 23.7 Å². The van der Waals surface area contributed by atoms with Crippen molar-refractivity contribution < 1.29 is 23.8 Å². The number of hydrogen-bond donors (Lipinski definition) is 3. The van der Waals surface area contributed by atoms with E-state index in [9.17, 15) is 19.1 Å². The number of carbonyl (C=O) groups excluding carboxylic acids is 2. The predicted octanol–water partition coefficient (Wildman–Crippen LogP) is 4.81. The second kappa shape index (κ2) is 12.5. The molecule has 0 aliphatic carbocycles. The molecule has 5 aromatic rings. The Balaban J connectivity index is 1.12. The highest BCUT2D eigenvalue weighted by atomic mass is 19.1. The standard InChI is InChI=1S/C33H31FN6O4/c1-44-29-18-24(32(43)39-16-14-27(41)15-17-39)8-12-28(29)36-33-37-30-13-9-25(20-40(30)38-33)22-4-6-23(7-5-22)31(42)35-19-21-2-10-26(34)11-3-21/h2-13,18,20,27,41H,14-17,19H2,1H3,(H,35,42)(H,36,38). The topological polar surface area (TPSA) is 121 Å². The molecule has 224 valence electrons. The largest absolute Gasteiger partial charge is 0.495 e. The maximum Gasteiger partial charge on any atom is 0.253 e. The van der Waals surface area contributed by atoms with Gasteiger partial charge in [-0.2, -0.15) is 4.98 Å². The van der Waals surface area contributed by atoms with E-state index in [0.29, 0.717) is 66.6 Å². The molecular formula is C33H31FN6O4. The summed E-state index contributed by atoms with van der Waals surface area (Å²) in [4.78, 5) is 31.9. The molecule has 0 unspecified atom stereocenters. The van der Waals surface area contributed by atoms with E-state index in [0.717, 1.165) is 16.7 Å². The van der Waals surface area contributed by atoms with Crippen LogP contribution in [-0.2, 0) is 6.54 Å². The smallest absolute Gasteiger partial charge is 0.253 e. The number of anilines is 2. The zero-order valence-corrected chi connectivity index (χ0v) is 24.0. The highest BCUT2D eigenvalue weighted by molar-refractivity contribution is 5.96. The number of halogens is 1. The maximum atomic E-state index is 13.1. The Labute approximate surface area is 253 Å². The second-order valence-corrected chi connectivity index (χ2v) is 10.6. The van der Waals surface area contributed by atoms with Crippen LogP contribution < -0.4 is 15.4 Å². The molecule has 10 nitrogen and oxygen atoms in total. The molecule has 0 bridgehead atoms. The molecule has 0 radical (unpaired) electrons. The fourth-order valence-electron chi connectivity index (χ4n) is 5.11. The van der Waals surface area contributed by atoms with E-state index >= 15 is 0 Å². The minimum Gasteiger partial charge on any atom is -0.495 e. The first kappa shape index (κ1) is 28.8. The lowest BCUT2D eigenvalue weighted by atomic mass is 10.1. The van der Waals surface area contributed by atoms with Gasteiger partial charge in [-0.3, -0.25) is 9.59 Å². The van der Waals surface area contributed by atoms with Crippen LogP contribution in [0, 0.1) is 5.82 Å². The number of nitrogens with one attached hydrogen (secondary N) is 2. The number of aromatic nitrogens is 3. The number of rotatable bonds is 8. The lowest BCUT2D eigenvalue weighted by molar-refractivity contribution is 0.0546. The number of piperidine rings is 1. The van der Waals surface area contributed by atoms with Crippen molar-refractivity contribution in [2.75, 3.05) is 25.5 Å². The molecule has 11 heteroatoms. The van der Waals surface area contributed by atoms with Crippen molar-refractivity contribution in [2.24, 2.45) is 0 Å². The number of fused-ring (bicyclic) bond motifs is 1. The number of methoxy groups -OCH3 is 1. The van der Waals surface area contributed by atoms with Gasteiger partial charge in [0.2, 0.25) is 5.95 Å². The number of aliphatic hydroxyl groups is 1. The number of benzene rings is 3. The number of carbonyl (C=O) groups is 2. The Morgan fingerprint density at radius 3 is 2.39 bits per heavy atom. The number of hydrogen-bond acceptors (Lipinski definition) is 7. The molecule has 1 aliphatic rings. The lowest BCUT2D eigenvalue weighted by Gasteiger charge is -2.29. The van der Waals surface area contributed by atoms with Gasteiger partial charge < -0.3 is 25.4 Å². The molecule has 0 spiro atoms. The van der Waals surface area contributed by atoms with Gasteiger partial charge in [-0.1, -0.05) is 24.3 Å². The summed E-state index contributed by atoms with van der Waals surface area (Å²) in [5.41, 5.74) is 4.86. The summed E-state index contributed by atoms with van der Waals surface area (Å²) >= 11 is 0. The summed E-state index contributed by atoms with van der Waals surface area (Å²) < 4.78 is 20.3. The molecule has 6 rings (SSSR count). The fraction of sp³-hybridized carbons (Fsp3) is 0.212. The second-order valence-electron chi connectivity index (χ2n) is 10.6. The van der Waals surface area contributed by atoms with Crippen molar-refractivity contribution in [2.45, 2.75) is 25.5 Å². The first-order chi connectivity index (χ1) is 21.4. The van der Waals surface area contributed by atoms with Gasteiger partial charge in [0.05, 0.1) is 18.9 Å². The zero-order chi connectivity index (χ0) is 30.6. The summed E-state index contributed by atoms with van der Waals surface area (Å²) in [7, 11) is 1.54. The number of nitrogens with zero attached hydrogens (tertiary/aromatic N) is 4. The third-order valence-corrected chi connectivity index (χ3v) is 7.62. The Morgan fingerprint density at radius 1 is 0.955 bits per heavy atom. The Kier molecular flexibility index (Phi) is 8.20. The van der Waals surface area contributed by atoms with E-state index in [1.807, 2.05) is 30.5 Å². The van der Waals surface area contributed by atoms with E-state index in [4.69, 9.17) is 4.74 Å². The maximum absolute atomic E-state index is 13.1. The van der Waals surface area contributed by atoms with Gasteiger partial charge in [-0.25, -0.2) is 8.91 Å². The molecule has 44 heavy (non-hydrogen) atoms. The summed E-state index contributed by atoms with van der Waals surface area (Å²) in [5.74, 6) is 0.205. The molecule has 2 aromatic heterocycles. The fourth-order valence-corrected chi connectivity index (χ4v) is 5.11. The van der Waals surface area contributed by atoms with Gasteiger partial charge in [-0.15, -0.1) is 5.10 Å². The van der Waals surface area contributed by atoms with Crippen molar-refractivity contribution in [1.82, 2.24) is 24.8 Å². The van der Waals surface area contributed by atoms with Crippen LogP contribution in [0.5, 0.6) is 5.75 Å². The summed E-state index contributed by atoms with van der Waals surface area (Å²) in [5, 5.41) is 20.3. The minimum atomic E-state index is -0.353. The lowest BCUT2D eigenvalue weighted by Crippen LogP contribution is -2.40. The van der Waals surface area contributed by atoms with Gasteiger partial charge in [-0.05, 0) is 78.6 Å². The average Bonchev–Trinajstić information content (AvgIpc) is 3.46. The first-order valence-corrected chi connectivity index (χ1v) is 14.3. The zero-order valence-electron chi connectivity index (χ0n) is 24.0. The predicted molar refractivity (Wildman–Crippen MR) is 163 cm³/mol. The average molecular weight is 595 g/mol. The molecule has 3 N–H and O–H groups in total. The van der Waals surface area contributed by atoms with Crippen molar-refractivity contribution in [3.05, 3.63) is 108 Å². The van der Waals surface area contributed by atoms with Gasteiger partial charge in [0, 0.05) is 42.5 Å². The molecular weight excluding hydrogens is 563 g/mol. The number of aliphatic hydroxyl groups excluding tert-OH is 1. The normalized spacial score (nSPS) is 13.6. The highest BCUT2D eigenvalue weighted by Gasteiger charge is 2.23. The first-order valence-electron chi connectivity index (χ1n) is 14.3. The van der Waals surface area contributed by atoms with Gasteiger partial charge in [0.25, 0.3) is 11.8 Å². The molecule has 3 aromatic carbocycles. The van der Waals surface area contributed by atoms with Crippen LogP contribution in [0.25, 0.3) is 16.8 Å². The Bertz CT molecular complexity index is 1800. The van der Waals surface area contributed by atoms with Crippen molar-refractivity contribution >= 4 is 29.1 Å². The SMILES string of the molecule is COc1cc(C(=O)N2CCC(O)CC2)ccc1Nc1nc2ccc(-c3ccc(C(=O)NCc4ccc(F)cc4)cc3)cn2n1. The molecule has 2 amide bonds. The van der Waals surface area contributed by atoms with Crippen LogP contribution in [0.2, 0.25) is 0 Å². The van der Waals surface area contributed by atoms with Crippen LogP contribution in [0.4, 0.5) is 16.0 Å². The van der Waals surface area contributed by atoms with Crippen molar-refractivity contribution in [3.8, 4) is 16.9 Å². The quantitative estimate of drug-likeness (QED) is 0.236.